The summed E-state index contributed by atoms with van der Waals surface area (Å²) in [4.78, 5) is 4.29. The zero-order valence-corrected chi connectivity index (χ0v) is 15.2. The summed E-state index contributed by atoms with van der Waals surface area (Å²) in [5.74, 6) is 0.201. The van der Waals surface area contributed by atoms with Crippen molar-refractivity contribution in [3.05, 3.63) is 34.6 Å². The maximum atomic E-state index is 13.8. The minimum Gasteiger partial charge on any atom is -0.376 e. The van der Waals surface area contributed by atoms with Gasteiger partial charge in [0, 0.05) is 29.2 Å². The third kappa shape index (κ3) is 4.23. The maximum absolute atomic E-state index is 13.8. The van der Waals surface area contributed by atoms with Crippen molar-refractivity contribution >= 4 is 41.5 Å². The van der Waals surface area contributed by atoms with Crippen LogP contribution in [0, 0.1) is 5.82 Å². The van der Waals surface area contributed by atoms with Gasteiger partial charge in [-0.25, -0.2) is 4.39 Å². The van der Waals surface area contributed by atoms with Gasteiger partial charge in [-0.2, -0.15) is 0 Å². The summed E-state index contributed by atoms with van der Waals surface area (Å²) in [6.07, 6.45) is 3.12. The molecule has 1 aromatic rings. The molecule has 2 fully saturated rings. The van der Waals surface area contributed by atoms with Crippen LogP contribution in [0.3, 0.4) is 0 Å². The van der Waals surface area contributed by atoms with Gasteiger partial charge in [-0.05, 0) is 31.4 Å². The van der Waals surface area contributed by atoms with Crippen LogP contribution in [0.4, 0.5) is 4.39 Å². The van der Waals surface area contributed by atoms with E-state index >= 15 is 0 Å². The number of aliphatic imine (C=N–C) groups is 1. The fourth-order valence-corrected chi connectivity index (χ4v) is 3.07. The van der Waals surface area contributed by atoms with Crippen molar-refractivity contribution in [3.63, 3.8) is 0 Å². The molecule has 0 aromatic heterocycles. The average Bonchev–Trinajstić information content (AvgIpc) is 2.99. The van der Waals surface area contributed by atoms with Gasteiger partial charge in [0.1, 0.15) is 5.82 Å². The van der Waals surface area contributed by atoms with E-state index in [1.807, 2.05) is 0 Å². The van der Waals surface area contributed by atoms with Gasteiger partial charge in [-0.15, -0.1) is 24.0 Å². The standard InChI is InChI=1S/C15H19ClFN3O.HI/c16-11-4-1-5-12(17)14(11)10-7-13(10)20-15(18)19-8-9-3-2-6-21-9;/h1,4-5,9-10,13H,2-3,6-8H2,(H3,18,19,20);1H. The second kappa shape index (κ2) is 7.79. The molecule has 122 valence electrons. The molecule has 3 N–H and O–H groups in total. The normalized spacial score (nSPS) is 27.4. The fourth-order valence-electron chi connectivity index (χ4n) is 2.76. The van der Waals surface area contributed by atoms with Gasteiger partial charge < -0.3 is 15.8 Å². The van der Waals surface area contributed by atoms with Crippen LogP contribution >= 0.6 is 35.6 Å². The number of ether oxygens (including phenoxy) is 1. The number of nitrogens with two attached hydrogens (primary N) is 1. The zero-order valence-electron chi connectivity index (χ0n) is 12.1. The summed E-state index contributed by atoms with van der Waals surface area (Å²) in [6.45, 7) is 1.39. The number of nitrogens with zero attached hydrogens (tertiary/aromatic N) is 1. The lowest BCUT2D eigenvalue weighted by molar-refractivity contribution is 0.118. The van der Waals surface area contributed by atoms with E-state index in [1.54, 1.807) is 12.1 Å². The summed E-state index contributed by atoms with van der Waals surface area (Å²) in [7, 11) is 0. The van der Waals surface area contributed by atoms with E-state index in [0.717, 1.165) is 25.9 Å². The monoisotopic (exact) mass is 439 g/mol. The lowest BCUT2D eigenvalue weighted by atomic mass is 10.1. The Hall–Kier alpha value is -0.600. The highest BCUT2D eigenvalue weighted by atomic mass is 127. The highest BCUT2D eigenvalue weighted by molar-refractivity contribution is 14.0. The Morgan fingerprint density at radius 2 is 2.32 bits per heavy atom. The minimum absolute atomic E-state index is 0. The molecule has 1 saturated heterocycles. The first-order valence-electron chi connectivity index (χ1n) is 7.27. The lowest BCUT2D eigenvalue weighted by Gasteiger charge is -2.09. The van der Waals surface area contributed by atoms with Gasteiger partial charge in [-0.3, -0.25) is 4.99 Å². The Bertz CT molecular complexity index is 531. The van der Waals surface area contributed by atoms with Crippen molar-refractivity contribution in [1.82, 2.24) is 5.32 Å². The highest BCUT2D eigenvalue weighted by Crippen LogP contribution is 2.44. The molecule has 3 atom stereocenters. The molecule has 0 radical (unpaired) electrons. The number of nitrogens with one attached hydrogen (secondary N) is 1. The van der Waals surface area contributed by atoms with Crippen LogP contribution in [0.5, 0.6) is 0 Å². The van der Waals surface area contributed by atoms with Crippen LogP contribution in [0.25, 0.3) is 0 Å². The van der Waals surface area contributed by atoms with Crippen LogP contribution in [0.1, 0.15) is 30.7 Å². The van der Waals surface area contributed by atoms with Crippen molar-refractivity contribution in [2.45, 2.75) is 37.3 Å². The molecule has 3 unspecified atom stereocenters. The molecule has 0 bridgehead atoms. The number of hydrogen-bond acceptors (Lipinski definition) is 2. The van der Waals surface area contributed by atoms with E-state index in [1.165, 1.54) is 6.07 Å². The van der Waals surface area contributed by atoms with Crippen LogP contribution in [-0.4, -0.2) is 31.3 Å². The second-order valence-electron chi connectivity index (χ2n) is 5.59. The molecular formula is C15H20ClFIN3O. The smallest absolute Gasteiger partial charge is 0.188 e. The maximum Gasteiger partial charge on any atom is 0.188 e. The van der Waals surface area contributed by atoms with Gasteiger partial charge in [0.05, 0.1) is 12.6 Å². The number of rotatable bonds is 4. The topological polar surface area (TPSA) is 59.6 Å². The predicted octanol–water partition coefficient (Wildman–Crippen LogP) is 3.04. The van der Waals surface area contributed by atoms with Crippen molar-refractivity contribution in [3.8, 4) is 0 Å². The molecule has 1 aromatic carbocycles. The predicted molar refractivity (Wildman–Crippen MR) is 96.6 cm³/mol. The van der Waals surface area contributed by atoms with Crippen molar-refractivity contribution in [2.75, 3.05) is 13.2 Å². The fraction of sp³-hybridized carbons (Fsp3) is 0.533. The molecule has 1 saturated carbocycles. The average molecular weight is 440 g/mol. The lowest BCUT2D eigenvalue weighted by Crippen LogP contribution is -2.35. The van der Waals surface area contributed by atoms with Crippen LogP contribution in [-0.2, 0) is 4.74 Å². The largest absolute Gasteiger partial charge is 0.376 e. The quantitative estimate of drug-likeness (QED) is 0.431. The summed E-state index contributed by atoms with van der Waals surface area (Å²) >= 11 is 6.07. The van der Waals surface area contributed by atoms with E-state index in [4.69, 9.17) is 22.1 Å². The second-order valence-corrected chi connectivity index (χ2v) is 6.00. The van der Waals surface area contributed by atoms with Crippen LogP contribution in [0.15, 0.2) is 23.2 Å². The molecule has 22 heavy (non-hydrogen) atoms. The highest BCUT2D eigenvalue weighted by Gasteiger charge is 2.41. The van der Waals surface area contributed by atoms with Crippen molar-refractivity contribution in [2.24, 2.45) is 10.7 Å². The van der Waals surface area contributed by atoms with Crippen molar-refractivity contribution < 1.29 is 9.13 Å². The first-order valence-corrected chi connectivity index (χ1v) is 7.65. The number of guanidine groups is 1. The third-order valence-electron chi connectivity index (χ3n) is 3.98. The van der Waals surface area contributed by atoms with Gasteiger partial charge in [0.25, 0.3) is 0 Å². The first kappa shape index (κ1) is 17.7. The van der Waals surface area contributed by atoms with Crippen LogP contribution < -0.4 is 11.1 Å². The summed E-state index contributed by atoms with van der Waals surface area (Å²) in [5.41, 5.74) is 6.44. The van der Waals surface area contributed by atoms with E-state index < -0.39 is 0 Å². The molecule has 3 rings (SSSR count). The third-order valence-corrected chi connectivity index (χ3v) is 4.31. The summed E-state index contributed by atoms with van der Waals surface area (Å²) in [5, 5.41) is 3.60. The number of hydrogen-bond donors (Lipinski definition) is 2. The minimum atomic E-state index is -0.258. The SMILES string of the molecule is I.NC(=NCC1CCCO1)NC1CC1c1c(F)cccc1Cl. The Morgan fingerprint density at radius 1 is 1.50 bits per heavy atom. The molecule has 1 aliphatic heterocycles. The first-order chi connectivity index (χ1) is 10.1. The Kier molecular flexibility index (Phi) is 6.28. The van der Waals surface area contributed by atoms with Crippen molar-refractivity contribution in [1.29, 1.82) is 0 Å². The van der Waals surface area contributed by atoms with Gasteiger partial charge >= 0.3 is 0 Å². The number of halogens is 3. The molecule has 7 heteroatoms. The Morgan fingerprint density at radius 3 is 3.00 bits per heavy atom. The molecule has 1 heterocycles. The van der Waals surface area contributed by atoms with E-state index in [0.29, 0.717) is 23.1 Å². The molecule has 4 nitrogen and oxygen atoms in total. The molecule has 1 aliphatic carbocycles. The summed E-state index contributed by atoms with van der Waals surface area (Å²) < 4.78 is 19.3. The molecule has 0 spiro atoms. The molecular weight excluding hydrogens is 420 g/mol. The van der Waals surface area contributed by atoms with Gasteiger partial charge in [-0.1, -0.05) is 17.7 Å². The molecule has 2 aliphatic rings. The van der Waals surface area contributed by atoms with E-state index in [9.17, 15) is 4.39 Å². The number of benzene rings is 1. The Labute approximate surface area is 151 Å². The van der Waals surface area contributed by atoms with Crippen LogP contribution in [0.2, 0.25) is 5.02 Å². The zero-order chi connectivity index (χ0) is 14.8. The summed E-state index contributed by atoms with van der Waals surface area (Å²) in [6, 6.07) is 4.87. The van der Waals surface area contributed by atoms with E-state index in [2.05, 4.69) is 10.3 Å². The van der Waals surface area contributed by atoms with Gasteiger partial charge in [0.15, 0.2) is 5.96 Å². The molecule has 0 amide bonds. The van der Waals surface area contributed by atoms with Gasteiger partial charge in [0.2, 0.25) is 0 Å². The Balaban J connectivity index is 0.00000176. The van der Waals surface area contributed by atoms with E-state index in [-0.39, 0.29) is 47.9 Å².